The van der Waals surface area contributed by atoms with Gasteiger partial charge in [0, 0.05) is 22.5 Å². The van der Waals surface area contributed by atoms with Gasteiger partial charge in [0.05, 0.1) is 6.42 Å². The van der Waals surface area contributed by atoms with Crippen molar-refractivity contribution in [3.8, 4) is 5.75 Å². The maximum atomic E-state index is 11.1. The van der Waals surface area contributed by atoms with Crippen LogP contribution < -0.4 is 4.74 Å². The third-order valence-corrected chi connectivity index (χ3v) is 6.30. The molecule has 0 saturated carbocycles. The van der Waals surface area contributed by atoms with E-state index in [0.717, 1.165) is 29.8 Å². The molecule has 1 N–H and O–H groups in total. The van der Waals surface area contributed by atoms with E-state index in [2.05, 4.69) is 22.4 Å². The number of hydrogen-bond donors (Lipinski definition) is 1. The number of piperidine rings is 1. The fourth-order valence-corrected chi connectivity index (χ4v) is 4.91. The fourth-order valence-electron chi connectivity index (χ4n) is 3.94. The van der Waals surface area contributed by atoms with Crippen LogP contribution in [0.25, 0.3) is 5.57 Å². The van der Waals surface area contributed by atoms with Gasteiger partial charge >= 0.3 is 5.97 Å². The summed E-state index contributed by atoms with van der Waals surface area (Å²) in [5, 5.41) is 11.3. The van der Waals surface area contributed by atoms with Crippen molar-refractivity contribution in [2.75, 3.05) is 19.6 Å². The Kier molecular flexibility index (Phi) is 5.60. The molecule has 2 aliphatic rings. The van der Waals surface area contributed by atoms with Gasteiger partial charge < -0.3 is 14.7 Å². The topological polar surface area (TPSA) is 49.8 Å². The molecule has 2 aliphatic heterocycles. The maximum Gasteiger partial charge on any atom is 0.307 e. The molecule has 0 unspecified atom stereocenters. The van der Waals surface area contributed by atoms with Gasteiger partial charge in [-0.3, -0.25) is 4.79 Å². The van der Waals surface area contributed by atoms with Crippen molar-refractivity contribution in [3.63, 3.8) is 0 Å². The second-order valence-electron chi connectivity index (χ2n) is 7.27. The van der Waals surface area contributed by atoms with E-state index in [1.165, 1.54) is 48.4 Å². The highest BCUT2D eigenvalue weighted by Crippen LogP contribution is 2.40. The van der Waals surface area contributed by atoms with Crippen molar-refractivity contribution in [3.05, 3.63) is 57.3 Å². The third-order valence-electron chi connectivity index (χ3n) is 5.31. The van der Waals surface area contributed by atoms with E-state index in [1.54, 1.807) is 11.3 Å². The lowest BCUT2D eigenvalue weighted by molar-refractivity contribution is -0.136. The Bertz CT molecular complexity index is 849. The zero-order valence-electron chi connectivity index (χ0n) is 15.4. The van der Waals surface area contributed by atoms with E-state index >= 15 is 0 Å². The predicted octanol–water partition coefficient (Wildman–Crippen LogP) is 4.58. The summed E-state index contributed by atoms with van der Waals surface area (Å²) < 4.78 is 6.03. The number of fused-ring (bicyclic) bond motifs is 2. The molecule has 0 atom stereocenters. The summed E-state index contributed by atoms with van der Waals surface area (Å²) in [5.41, 5.74) is 4.23. The number of carbonyl (C=O) groups is 1. The summed E-state index contributed by atoms with van der Waals surface area (Å²) in [5.74, 6) is 0.0358. The Morgan fingerprint density at radius 1 is 1.22 bits per heavy atom. The quantitative estimate of drug-likeness (QED) is 0.821. The van der Waals surface area contributed by atoms with Gasteiger partial charge in [0.2, 0.25) is 0 Å². The highest BCUT2D eigenvalue weighted by molar-refractivity contribution is 7.11. The average Bonchev–Trinajstić information content (AvgIpc) is 3.08. The minimum atomic E-state index is -0.808. The molecule has 1 fully saturated rings. The van der Waals surface area contributed by atoms with Crippen LogP contribution in [-0.2, 0) is 17.8 Å². The number of hydrogen-bond acceptors (Lipinski definition) is 4. The zero-order valence-corrected chi connectivity index (χ0v) is 16.3. The van der Waals surface area contributed by atoms with Gasteiger partial charge in [0.25, 0.3) is 0 Å². The molecule has 2 aromatic rings. The van der Waals surface area contributed by atoms with E-state index in [-0.39, 0.29) is 6.42 Å². The van der Waals surface area contributed by atoms with Crippen LogP contribution in [0.1, 0.15) is 47.3 Å². The molecule has 27 heavy (non-hydrogen) atoms. The molecule has 0 aliphatic carbocycles. The number of nitrogens with zero attached hydrogens (tertiary/aromatic N) is 1. The van der Waals surface area contributed by atoms with Crippen LogP contribution in [0.4, 0.5) is 0 Å². The first-order valence-corrected chi connectivity index (χ1v) is 10.6. The molecular formula is C22H25NO3S. The van der Waals surface area contributed by atoms with Crippen molar-refractivity contribution in [1.82, 2.24) is 4.90 Å². The molecule has 4 rings (SSSR count). The molecule has 1 aromatic heterocycles. The van der Waals surface area contributed by atoms with E-state index in [1.807, 2.05) is 18.2 Å². The molecule has 0 amide bonds. The zero-order chi connectivity index (χ0) is 18.6. The number of ether oxygens (including phenoxy) is 1. The number of thiophene rings is 1. The normalized spacial score (nSPS) is 18.4. The van der Waals surface area contributed by atoms with Crippen LogP contribution in [0.3, 0.4) is 0 Å². The maximum absolute atomic E-state index is 11.1. The molecule has 0 spiro atoms. The number of likely N-dealkylation sites (tertiary alicyclic amines) is 1. The summed E-state index contributed by atoms with van der Waals surface area (Å²) in [6.45, 7) is 4.05. The predicted molar refractivity (Wildman–Crippen MR) is 108 cm³/mol. The second-order valence-corrected chi connectivity index (χ2v) is 8.19. The first kappa shape index (κ1) is 18.3. The van der Waals surface area contributed by atoms with Crippen molar-refractivity contribution < 1.29 is 14.6 Å². The van der Waals surface area contributed by atoms with Crippen LogP contribution in [-0.4, -0.2) is 35.6 Å². The molecule has 4 nitrogen and oxygen atoms in total. The Labute approximate surface area is 164 Å². The second kappa shape index (κ2) is 8.28. The van der Waals surface area contributed by atoms with Gasteiger partial charge in [-0.15, -0.1) is 11.3 Å². The summed E-state index contributed by atoms with van der Waals surface area (Å²) in [6, 6.07) is 7.90. The monoisotopic (exact) mass is 383 g/mol. The van der Waals surface area contributed by atoms with Gasteiger partial charge in [-0.1, -0.05) is 18.6 Å². The highest BCUT2D eigenvalue weighted by Gasteiger charge is 2.21. The molecule has 0 radical (unpaired) electrons. The minimum absolute atomic E-state index is 0.0334. The first-order valence-electron chi connectivity index (χ1n) is 9.68. The van der Waals surface area contributed by atoms with Crippen molar-refractivity contribution in [2.24, 2.45) is 0 Å². The van der Waals surface area contributed by atoms with Crippen LogP contribution in [0.5, 0.6) is 5.75 Å². The summed E-state index contributed by atoms with van der Waals surface area (Å²) in [6.07, 6.45) is 7.32. The van der Waals surface area contributed by atoms with Crippen LogP contribution in [0.2, 0.25) is 0 Å². The van der Waals surface area contributed by atoms with Gasteiger partial charge in [-0.25, -0.2) is 0 Å². The van der Waals surface area contributed by atoms with Crippen molar-refractivity contribution in [2.45, 2.75) is 38.7 Å². The molecule has 1 saturated heterocycles. The summed E-state index contributed by atoms with van der Waals surface area (Å²) in [7, 11) is 0. The SMILES string of the molecule is O=C(O)Cc1ccc2c(c1)/C(=C/CCN1CCCCC1)c1sccc1CO2. The van der Waals surface area contributed by atoms with Gasteiger partial charge in [-0.2, -0.15) is 0 Å². The van der Waals surface area contributed by atoms with E-state index in [9.17, 15) is 4.79 Å². The number of carboxylic acid groups (broad SMARTS) is 1. The van der Waals surface area contributed by atoms with Crippen molar-refractivity contribution >= 4 is 22.9 Å². The average molecular weight is 384 g/mol. The Balaban J connectivity index is 1.64. The lowest BCUT2D eigenvalue weighted by atomic mass is 9.97. The Morgan fingerprint density at radius 2 is 2.07 bits per heavy atom. The highest BCUT2D eigenvalue weighted by atomic mass is 32.1. The number of benzene rings is 1. The molecule has 3 heterocycles. The molecule has 0 bridgehead atoms. The lowest BCUT2D eigenvalue weighted by Gasteiger charge is -2.25. The molecule has 142 valence electrons. The van der Waals surface area contributed by atoms with E-state index in [0.29, 0.717) is 6.61 Å². The van der Waals surface area contributed by atoms with E-state index in [4.69, 9.17) is 9.84 Å². The Hall–Kier alpha value is -2.11. The van der Waals surface area contributed by atoms with Crippen LogP contribution >= 0.6 is 11.3 Å². The summed E-state index contributed by atoms with van der Waals surface area (Å²) in [4.78, 5) is 14.9. The number of rotatable bonds is 5. The number of aliphatic carboxylic acids is 1. The van der Waals surface area contributed by atoms with Crippen LogP contribution in [0, 0.1) is 0 Å². The largest absolute Gasteiger partial charge is 0.488 e. The van der Waals surface area contributed by atoms with Gasteiger partial charge in [0.1, 0.15) is 12.4 Å². The molecular weight excluding hydrogens is 358 g/mol. The Morgan fingerprint density at radius 3 is 2.89 bits per heavy atom. The smallest absolute Gasteiger partial charge is 0.307 e. The first-order chi connectivity index (χ1) is 13.2. The van der Waals surface area contributed by atoms with Crippen molar-refractivity contribution in [1.29, 1.82) is 0 Å². The van der Waals surface area contributed by atoms with Gasteiger partial charge in [-0.05, 0) is 67.1 Å². The fraction of sp³-hybridized carbons (Fsp3) is 0.409. The van der Waals surface area contributed by atoms with Crippen LogP contribution in [0.15, 0.2) is 35.7 Å². The molecule has 5 heteroatoms. The standard InChI is InChI=1S/C22H25NO3S/c24-21(25)14-16-6-7-20-19(13-16)18(22-17(15-26-20)8-12-27-22)5-4-11-23-9-2-1-3-10-23/h5-8,12-13H,1-4,9-11,14-15H2,(H,24,25)/b18-5-. The lowest BCUT2D eigenvalue weighted by Crippen LogP contribution is -2.30. The van der Waals surface area contributed by atoms with E-state index < -0.39 is 5.97 Å². The minimum Gasteiger partial charge on any atom is -0.488 e. The number of carboxylic acids is 1. The summed E-state index contributed by atoms with van der Waals surface area (Å²) >= 11 is 1.74. The third kappa shape index (κ3) is 4.25. The molecule has 1 aromatic carbocycles. The van der Waals surface area contributed by atoms with Gasteiger partial charge in [0.15, 0.2) is 0 Å².